The molecule has 204 valence electrons. The van der Waals surface area contributed by atoms with Gasteiger partial charge >= 0.3 is 0 Å². The number of halogens is 1. The first-order valence-electron chi connectivity index (χ1n) is 12.3. The van der Waals surface area contributed by atoms with Gasteiger partial charge in [0, 0.05) is 29.4 Å². The van der Waals surface area contributed by atoms with Gasteiger partial charge in [-0.1, -0.05) is 83.5 Å². The number of H-pyrrole nitrogens is 1. The summed E-state index contributed by atoms with van der Waals surface area (Å²) >= 11 is 7.41. The molecule has 0 bridgehead atoms. The van der Waals surface area contributed by atoms with E-state index in [1.807, 2.05) is 49.4 Å². The molecule has 1 amide bonds. The van der Waals surface area contributed by atoms with E-state index < -0.39 is 15.9 Å². The molecule has 39 heavy (non-hydrogen) atoms. The van der Waals surface area contributed by atoms with Gasteiger partial charge in [0.1, 0.15) is 0 Å². The molecule has 2 N–H and O–H groups in total. The molecule has 4 aromatic rings. The molecule has 8 nitrogen and oxygen atoms in total. The minimum Gasteiger partial charge on any atom is -0.354 e. The van der Waals surface area contributed by atoms with Gasteiger partial charge in [0.15, 0.2) is 5.82 Å². The number of nitrogens with zero attached hydrogens (tertiary/aromatic N) is 3. The van der Waals surface area contributed by atoms with E-state index in [1.54, 1.807) is 38.1 Å². The van der Waals surface area contributed by atoms with Crippen LogP contribution in [0.15, 0.2) is 76.8 Å². The SMILES string of the molecule is Cc1cc(C)c(S(=O)(=O)N(CC(=O)NCCSc2n[nH]c(-c3ccccc3)n2)Cc2ccc(Cl)cc2)c(C)c1. The summed E-state index contributed by atoms with van der Waals surface area (Å²) < 4.78 is 28.9. The van der Waals surface area contributed by atoms with E-state index >= 15 is 0 Å². The quantitative estimate of drug-likeness (QED) is 0.187. The Morgan fingerprint density at radius 1 is 1.03 bits per heavy atom. The molecule has 4 rings (SSSR count). The fraction of sp³-hybridized carbons (Fsp3) is 0.250. The number of amides is 1. The summed E-state index contributed by atoms with van der Waals surface area (Å²) in [4.78, 5) is 17.6. The zero-order valence-corrected chi connectivity index (χ0v) is 24.3. The molecule has 0 saturated heterocycles. The normalized spacial score (nSPS) is 11.6. The van der Waals surface area contributed by atoms with Gasteiger partial charge in [-0.2, -0.15) is 4.31 Å². The van der Waals surface area contributed by atoms with Gasteiger partial charge in [-0.25, -0.2) is 13.4 Å². The summed E-state index contributed by atoms with van der Waals surface area (Å²) in [6.45, 7) is 5.52. The summed E-state index contributed by atoms with van der Waals surface area (Å²) in [6, 6.07) is 20.3. The number of benzene rings is 3. The lowest BCUT2D eigenvalue weighted by molar-refractivity contribution is -0.121. The second-order valence-corrected chi connectivity index (χ2v) is 12.5. The third-order valence-corrected chi connectivity index (χ3v) is 9.16. The molecule has 0 fully saturated rings. The van der Waals surface area contributed by atoms with Crippen molar-refractivity contribution < 1.29 is 13.2 Å². The second-order valence-electron chi connectivity index (χ2n) is 9.16. The lowest BCUT2D eigenvalue weighted by Crippen LogP contribution is -2.41. The van der Waals surface area contributed by atoms with E-state index in [9.17, 15) is 13.2 Å². The van der Waals surface area contributed by atoms with Gasteiger partial charge < -0.3 is 5.32 Å². The number of rotatable bonds is 11. The van der Waals surface area contributed by atoms with Crippen molar-refractivity contribution in [2.45, 2.75) is 37.4 Å². The Balaban J connectivity index is 1.42. The van der Waals surface area contributed by atoms with Crippen LogP contribution in [0.3, 0.4) is 0 Å². The molecule has 1 heterocycles. The predicted octanol–water partition coefficient (Wildman–Crippen LogP) is 5.15. The van der Waals surface area contributed by atoms with Crippen molar-refractivity contribution in [1.29, 1.82) is 0 Å². The van der Waals surface area contributed by atoms with Crippen LogP contribution in [0, 0.1) is 20.8 Å². The molecule has 3 aromatic carbocycles. The Morgan fingerprint density at radius 3 is 2.36 bits per heavy atom. The lowest BCUT2D eigenvalue weighted by Gasteiger charge is -2.24. The predicted molar refractivity (Wildman–Crippen MR) is 155 cm³/mol. The van der Waals surface area contributed by atoms with Gasteiger partial charge in [0.05, 0.1) is 11.4 Å². The minimum atomic E-state index is -3.97. The van der Waals surface area contributed by atoms with Crippen molar-refractivity contribution in [2.75, 3.05) is 18.8 Å². The van der Waals surface area contributed by atoms with Crippen molar-refractivity contribution >= 4 is 39.3 Å². The van der Waals surface area contributed by atoms with E-state index in [-0.39, 0.29) is 18.0 Å². The summed E-state index contributed by atoms with van der Waals surface area (Å²) in [5.41, 5.74) is 3.93. The molecule has 0 aliphatic rings. The van der Waals surface area contributed by atoms with Crippen LogP contribution in [0.4, 0.5) is 0 Å². The Kier molecular flexibility index (Phi) is 9.45. The van der Waals surface area contributed by atoms with E-state index in [4.69, 9.17) is 11.6 Å². The van der Waals surface area contributed by atoms with E-state index in [0.29, 0.717) is 39.4 Å². The first-order chi connectivity index (χ1) is 18.6. The van der Waals surface area contributed by atoms with Crippen LogP contribution in [-0.2, 0) is 21.4 Å². The molecule has 1 aromatic heterocycles. The Hall–Kier alpha value is -3.18. The second kappa shape index (κ2) is 12.8. The maximum Gasteiger partial charge on any atom is 0.244 e. The maximum absolute atomic E-state index is 13.8. The number of aromatic nitrogens is 3. The first kappa shape index (κ1) is 28.8. The monoisotopic (exact) mass is 583 g/mol. The largest absolute Gasteiger partial charge is 0.354 e. The Labute approximate surface area is 238 Å². The molecular formula is C28H30ClN5O3S2. The summed E-state index contributed by atoms with van der Waals surface area (Å²) in [5, 5.41) is 11.1. The van der Waals surface area contributed by atoms with Crippen molar-refractivity contribution in [3.05, 3.63) is 94.0 Å². The van der Waals surface area contributed by atoms with Gasteiger partial charge in [0.25, 0.3) is 0 Å². The lowest BCUT2D eigenvalue weighted by atomic mass is 10.1. The van der Waals surface area contributed by atoms with Gasteiger partial charge in [-0.05, 0) is 49.6 Å². The highest BCUT2D eigenvalue weighted by Gasteiger charge is 2.30. The smallest absolute Gasteiger partial charge is 0.244 e. The molecule has 0 saturated carbocycles. The summed E-state index contributed by atoms with van der Waals surface area (Å²) in [6.07, 6.45) is 0. The highest BCUT2D eigenvalue weighted by molar-refractivity contribution is 7.99. The number of hydrogen-bond acceptors (Lipinski definition) is 6. The van der Waals surface area contributed by atoms with Crippen LogP contribution in [0.25, 0.3) is 11.4 Å². The molecule has 0 aliphatic heterocycles. The van der Waals surface area contributed by atoms with Crippen LogP contribution in [0.1, 0.15) is 22.3 Å². The van der Waals surface area contributed by atoms with Gasteiger partial charge in [0.2, 0.25) is 21.1 Å². The number of aryl methyl sites for hydroxylation is 3. The van der Waals surface area contributed by atoms with E-state index in [2.05, 4.69) is 20.5 Å². The fourth-order valence-corrected chi connectivity index (χ4v) is 6.88. The van der Waals surface area contributed by atoms with Crippen molar-refractivity contribution in [2.24, 2.45) is 0 Å². The maximum atomic E-state index is 13.8. The molecule has 0 aliphatic carbocycles. The average molecular weight is 584 g/mol. The fourth-order valence-electron chi connectivity index (χ4n) is 4.31. The number of hydrogen-bond donors (Lipinski definition) is 2. The molecular weight excluding hydrogens is 554 g/mol. The molecule has 0 spiro atoms. The van der Waals surface area contributed by atoms with Gasteiger partial charge in [-0.3, -0.25) is 9.89 Å². The molecule has 11 heteroatoms. The van der Waals surface area contributed by atoms with Crippen LogP contribution in [0.2, 0.25) is 5.02 Å². The number of carbonyl (C=O) groups excluding carboxylic acids is 1. The highest BCUT2D eigenvalue weighted by Crippen LogP contribution is 2.27. The zero-order chi connectivity index (χ0) is 28.0. The Morgan fingerprint density at radius 2 is 1.69 bits per heavy atom. The van der Waals surface area contributed by atoms with Crippen LogP contribution < -0.4 is 5.32 Å². The van der Waals surface area contributed by atoms with E-state index in [0.717, 1.165) is 16.7 Å². The topological polar surface area (TPSA) is 108 Å². The summed E-state index contributed by atoms with van der Waals surface area (Å²) in [7, 11) is -3.97. The van der Waals surface area contributed by atoms with Crippen molar-refractivity contribution in [3.63, 3.8) is 0 Å². The standard InChI is InChI=1S/C28H30ClN5O3S2/c1-19-15-20(2)26(21(3)16-19)39(36,37)34(17-22-9-11-24(29)12-10-22)18-25(35)30-13-14-38-28-31-27(32-33-28)23-7-5-4-6-8-23/h4-12,15-16H,13-14,17-18H2,1-3H3,(H,30,35)(H,31,32,33). The number of sulfonamides is 1. The number of aromatic amines is 1. The first-order valence-corrected chi connectivity index (χ1v) is 15.1. The number of thioether (sulfide) groups is 1. The molecule has 0 atom stereocenters. The van der Waals surface area contributed by atoms with Gasteiger partial charge in [-0.15, -0.1) is 5.10 Å². The van der Waals surface area contributed by atoms with Crippen LogP contribution >= 0.6 is 23.4 Å². The third-order valence-electron chi connectivity index (χ3n) is 5.96. The number of carbonyl (C=O) groups is 1. The van der Waals surface area contributed by atoms with E-state index in [1.165, 1.54) is 16.1 Å². The minimum absolute atomic E-state index is 0.0356. The zero-order valence-electron chi connectivity index (χ0n) is 21.9. The van der Waals surface area contributed by atoms with Crippen LogP contribution in [0.5, 0.6) is 0 Å². The van der Waals surface area contributed by atoms with Crippen molar-refractivity contribution in [3.8, 4) is 11.4 Å². The molecule has 0 unspecified atom stereocenters. The van der Waals surface area contributed by atoms with Crippen LogP contribution in [-0.4, -0.2) is 52.7 Å². The van der Waals surface area contributed by atoms with Crippen molar-refractivity contribution in [1.82, 2.24) is 24.8 Å². The number of nitrogens with one attached hydrogen (secondary N) is 2. The Bertz CT molecular complexity index is 1520. The third kappa shape index (κ3) is 7.48. The highest BCUT2D eigenvalue weighted by atomic mass is 35.5. The summed E-state index contributed by atoms with van der Waals surface area (Å²) in [5.74, 6) is 0.806. The molecule has 0 radical (unpaired) electrons. The average Bonchev–Trinajstić information content (AvgIpc) is 3.36.